The molecular weight excluding hydrogens is 199 g/mol. The molecule has 0 spiro atoms. The second-order valence-electron chi connectivity index (χ2n) is 2.90. The maximum atomic E-state index is 10.4. The quantitative estimate of drug-likeness (QED) is 0.569. The number of aliphatic hydroxyl groups is 1. The topological polar surface area (TPSA) is 96.2 Å². The van der Waals surface area contributed by atoms with Gasteiger partial charge in [0.1, 0.15) is 0 Å². The zero-order chi connectivity index (χ0) is 9.90. The summed E-state index contributed by atoms with van der Waals surface area (Å²) in [4.78, 5) is 17.0. The number of rotatable bonds is 3. The second kappa shape index (κ2) is 4.50. The van der Waals surface area contributed by atoms with Gasteiger partial charge in [0.05, 0.1) is 12.7 Å². The summed E-state index contributed by atoms with van der Waals surface area (Å²) < 4.78 is 19.8. The Bertz CT molecular complexity index is 201. The van der Waals surface area contributed by atoms with Crippen molar-refractivity contribution in [2.24, 2.45) is 0 Å². The van der Waals surface area contributed by atoms with Crippen molar-refractivity contribution >= 4 is 7.82 Å². The van der Waals surface area contributed by atoms with Crippen LogP contribution in [0.4, 0.5) is 0 Å². The molecule has 78 valence electrons. The van der Waals surface area contributed by atoms with Crippen molar-refractivity contribution in [3.8, 4) is 0 Å². The summed E-state index contributed by atoms with van der Waals surface area (Å²) in [6, 6.07) is 0. The second-order valence-corrected chi connectivity index (χ2v) is 4.09. The molecule has 1 rings (SSSR count). The smallest absolute Gasteiger partial charge is 0.394 e. The van der Waals surface area contributed by atoms with Gasteiger partial charge in [0, 0.05) is 0 Å². The SMILES string of the molecule is O=P(O)(O)OC1CCCC(CO)O1. The molecule has 1 fully saturated rings. The van der Waals surface area contributed by atoms with Crippen LogP contribution in [0.15, 0.2) is 0 Å². The number of phosphoric acid groups is 1. The molecule has 0 radical (unpaired) electrons. The number of hydrogen-bond donors (Lipinski definition) is 3. The summed E-state index contributed by atoms with van der Waals surface area (Å²) in [5, 5.41) is 8.73. The van der Waals surface area contributed by atoms with Crippen LogP contribution in [0, 0.1) is 0 Å². The molecule has 0 aliphatic carbocycles. The Hall–Kier alpha value is 0.0300. The summed E-state index contributed by atoms with van der Waals surface area (Å²) >= 11 is 0. The van der Waals surface area contributed by atoms with Crippen molar-refractivity contribution in [2.45, 2.75) is 31.7 Å². The summed E-state index contributed by atoms with van der Waals surface area (Å²) in [5.41, 5.74) is 0. The molecule has 7 heteroatoms. The van der Waals surface area contributed by atoms with E-state index in [2.05, 4.69) is 4.52 Å². The molecule has 2 atom stereocenters. The highest BCUT2D eigenvalue weighted by atomic mass is 31.2. The third kappa shape index (κ3) is 4.17. The molecular formula is C6H13O6P. The van der Waals surface area contributed by atoms with Crippen LogP contribution in [0.1, 0.15) is 19.3 Å². The fourth-order valence-corrected chi connectivity index (χ4v) is 1.69. The fraction of sp³-hybridized carbons (Fsp3) is 1.00. The standard InChI is InChI=1S/C6H13O6P/c7-4-5-2-1-3-6(11-5)12-13(8,9)10/h5-7H,1-4H2,(H2,8,9,10). The van der Waals surface area contributed by atoms with Crippen LogP contribution < -0.4 is 0 Å². The summed E-state index contributed by atoms with van der Waals surface area (Å²) in [7, 11) is -4.48. The molecule has 1 aliphatic heterocycles. The predicted molar refractivity (Wildman–Crippen MR) is 42.7 cm³/mol. The molecule has 0 amide bonds. The Morgan fingerprint density at radius 3 is 2.69 bits per heavy atom. The van der Waals surface area contributed by atoms with Crippen molar-refractivity contribution in [3.05, 3.63) is 0 Å². The Morgan fingerprint density at radius 1 is 1.46 bits per heavy atom. The molecule has 0 aromatic carbocycles. The minimum Gasteiger partial charge on any atom is -0.394 e. The molecule has 0 saturated carbocycles. The average molecular weight is 212 g/mol. The lowest BCUT2D eigenvalue weighted by Gasteiger charge is -2.28. The van der Waals surface area contributed by atoms with Gasteiger partial charge >= 0.3 is 7.82 Å². The van der Waals surface area contributed by atoms with Gasteiger partial charge in [-0.05, 0) is 19.3 Å². The maximum Gasteiger partial charge on any atom is 0.471 e. The van der Waals surface area contributed by atoms with Gasteiger partial charge in [0.25, 0.3) is 0 Å². The third-order valence-corrected chi connectivity index (χ3v) is 2.28. The van der Waals surface area contributed by atoms with Crippen molar-refractivity contribution in [1.82, 2.24) is 0 Å². The molecule has 0 bridgehead atoms. The Balaban J connectivity index is 2.38. The van der Waals surface area contributed by atoms with E-state index in [0.29, 0.717) is 12.8 Å². The minimum absolute atomic E-state index is 0.152. The van der Waals surface area contributed by atoms with Crippen LogP contribution in [0.5, 0.6) is 0 Å². The van der Waals surface area contributed by atoms with Crippen LogP contribution in [0.25, 0.3) is 0 Å². The van der Waals surface area contributed by atoms with Gasteiger partial charge in [-0.1, -0.05) is 0 Å². The first kappa shape index (κ1) is 11.1. The number of phosphoric ester groups is 1. The first-order valence-corrected chi connectivity index (χ1v) is 5.54. The highest BCUT2D eigenvalue weighted by Crippen LogP contribution is 2.40. The van der Waals surface area contributed by atoms with Crippen molar-refractivity contribution in [2.75, 3.05) is 6.61 Å². The summed E-state index contributed by atoms with van der Waals surface area (Å²) in [6.45, 7) is -0.152. The summed E-state index contributed by atoms with van der Waals surface area (Å²) in [5.74, 6) is 0. The first-order chi connectivity index (χ1) is 6.01. The lowest BCUT2D eigenvalue weighted by atomic mass is 10.1. The van der Waals surface area contributed by atoms with Gasteiger partial charge in [0.2, 0.25) is 0 Å². The molecule has 1 saturated heterocycles. The van der Waals surface area contributed by atoms with E-state index in [4.69, 9.17) is 19.6 Å². The van der Waals surface area contributed by atoms with Gasteiger partial charge in [-0.25, -0.2) is 4.57 Å². The lowest BCUT2D eigenvalue weighted by molar-refractivity contribution is -0.164. The zero-order valence-corrected chi connectivity index (χ0v) is 7.89. The highest BCUT2D eigenvalue weighted by Gasteiger charge is 2.28. The van der Waals surface area contributed by atoms with E-state index >= 15 is 0 Å². The van der Waals surface area contributed by atoms with Crippen LogP contribution in [0.2, 0.25) is 0 Å². The third-order valence-electron chi connectivity index (χ3n) is 1.77. The largest absolute Gasteiger partial charge is 0.471 e. The molecule has 3 N–H and O–H groups in total. The molecule has 2 unspecified atom stereocenters. The molecule has 1 aliphatic rings. The zero-order valence-electron chi connectivity index (χ0n) is 7.00. The predicted octanol–water partition coefficient (Wildman–Crippen LogP) is -0.0168. The molecule has 6 nitrogen and oxygen atoms in total. The molecule has 0 aromatic rings. The fourth-order valence-electron chi connectivity index (χ4n) is 1.23. The van der Waals surface area contributed by atoms with E-state index < -0.39 is 14.1 Å². The van der Waals surface area contributed by atoms with Crippen molar-refractivity contribution in [1.29, 1.82) is 0 Å². The monoisotopic (exact) mass is 212 g/mol. The van der Waals surface area contributed by atoms with E-state index in [1.54, 1.807) is 0 Å². The maximum absolute atomic E-state index is 10.4. The lowest BCUT2D eigenvalue weighted by Crippen LogP contribution is -2.31. The van der Waals surface area contributed by atoms with Gasteiger partial charge in [-0.15, -0.1) is 0 Å². The highest BCUT2D eigenvalue weighted by molar-refractivity contribution is 7.46. The Labute approximate surface area is 75.7 Å². The van der Waals surface area contributed by atoms with E-state index in [0.717, 1.165) is 6.42 Å². The molecule has 1 heterocycles. The van der Waals surface area contributed by atoms with Crippen molar-refractivity contribution < 1.29 is 28.7 Å². The van der Waals surface area contributed by atoms with Crippen molar-refractivity contribution in [3.63, 3.8) is 0 Å². The minimum atomic E-state index is -4.48. The van der Waals surface area contributed by atoms with E-state index in [9.17, 15) is 4.57 Å². The van der Waals surface area contributed by atoms with Crippen LogP contribution in [0.3, 0.4) is 0 Å². The van der Waals surface area contributed by atoms with Gasteiger partial charge < -0.3 is 19.6 Å². The van der Waals surface area contributed by atoms with E-state index in [-0.39, 0.29) is 12.7 Å². The van der Waals surface area contributed by atoms with Crippen LogP contribution in [-0.2, 0) is 13.8 Å². The summed E-state index contributed by atoms with van der Waals surface area (Å²) in [6.07, 6.45) is 0.603. The van der Waals surface area contributed by atoms with E-state index in [1.807, 2.05) is 0 Å². The van der Waals surface area contributed by atoms with Gasteiger partial charge in [0.15, 0.2) is 6.29 Å². The first-order valence-electron chi connectivity index (χ1n) is 4.01. The van der Waals surface area contributed by atoms with Gasteiger partial charge in [-0.2, -0.15) is 0 Å². The average Bonchev–Trinajstić information content (AvgIpc) is 2.01. The number of hydrogen-bond acceptors (Lipinski definition) is 4. The molecule has 13 heavy (non-hydrogen) atoms. The normalized spacial score (nSPS) is 30.4. The molecule has 0 aromatic heterocycles. The Morgan fingerprint density at radius 2 is 2.15 bits per heavy atom. The number of aliphatic hydroxyl groups excluding tert-OH is 1. The van der Waals surface area contributed by atoms with E-state index in [1.165, 1.54) is 0 Å². The van der Waals surface area contributed by atoms with Crippen LogP contribution in [-0.4, -0.2) is 33.9 Å². The van der Waals surface area contributed by atoms with Gasteiger partial charge in [-0.3, -0.25) is 4.52 Å². The number of ether oxygens (including phenoxy) is 1. The van der Waals surface area contributed by atoms with Crippen LogP contribution >= 0.6 is 7.82 Å². The Kier molecular flexibility index (Phi) is 3.85.